The number of hydrogen-bond donors (Lipinski definition) is 2. The van der Waals surface area contributed by atoms with Crippen LogP contribution in [0.2, 0.25) is 0 Å². The van der Waals surface area contributed by atoms with Crippen molar-refractivity contribution in [3.63, 3.8) is 0 Å². The van der Waals surface area contributed by atoms with Gasteiger partial charge in [0.25, 0.3) is 0 Å². The van der Waals surface area contributed by atoms with E-state index in [-0.39, 0.29) is 5.54 Å². The van der Waals surface area contributed by atoms with Crippen LogP contribution in [-0.2, 0) is 0 Å². The fourth-order valence-electron chi connectivity index (χ4n) is 2.80. The summed E-state index contributed by atoms with van der Waals surface area (Å²) in [6.45, 7) is 8.25. The molecule has 1 atom stereocenters. The van der Waals surface area contributed by atoms with Crippen LogP contribution in [0, 0.1) is 5.92 Å². The molecule has 0 aromatic carbocycles. The summed E-state index contributed by atoms with van der Waals surface area (Å²) < 4.78 is 0. The number of aliphatic hydroxyl groups is 1. The first-order valence-corrected chi connectivity index (χ1v) is 7.25. The molecule has 1 aliphatic heterocycles. The highest BCUT2D eigenvalue weighted by Crippen LogP contribution is 2.30. The number of aliphatic hydroxyl groups excluding tert-OH is 1. The molecule has 2 rings (SSSR count). The second-order valence-electron chi connectivity index (χ2n) is 6.25. The van der Waals surface area contributed by atoms with Gasteiger partial charge in [0.15, 0.2) is 0 Å². The van der Waals surface area contributed by atoms with Crippen LogP contribution in [-0.4, -0.2) is 47.8 Å². The minimum absolute atomic E-state index is 0.00618. The molecule has 3 nitrogen and oxygen atoms in total. The second-order valence-corrected chi connectivity index (χ2v) is 6.25. The fourth-order valence-corrected chi connectivity index (χ4v) is 2.80. The lowest BCUT2D eigenvalue weighted by Gasteiger charge is -2.33. The highest BCUT2D eigenvalue weighted by molar-refractivity contribution is 4.93. The van der Waals surface area contributed by atoms with Crippen molar-refractivity contribution in [1.29, 1.82) is 0 Å². The summed E-state index contributed by atoms with van der Waals surface area (Å²) >= 11 is 0. The van der Waals surface area contributed by atoms with Gasteiger partial charge in [-0.3, -0.25) is 0 Å². The lowest BCUT2D eigenvalue weighted by Crippen LogP contribution is -2.50. The number of hydrogen-bond acceptors (Lipinski definition) is 3. The van der Waals surface area contributed by atoms with E-state index < -0.39 is 0 Å². The van der Waals surface area contributed by atoms with Crippen molar-refractivity contribution < 1.29 is 5.11 Å². The van der Waals surface area contributed by atoms with Crippen LogP contribution in [0.4, 0.5) is 0 Å². The molecule has 0 amide bonds. The maximum Gasteiger partial charge on any atom is 0.0613 e. The van der Waals surface area contributed by atoms with Gasteiger partial charge in [-0.2, -0.15) is 0 Å². The molecule has 0 aromatic rings. The molecule has 1 aliphatic carbocycles. The Bertz CT molecular complexity index is 240. The molecule has 2 aliphatic rings. The summed E-state index contributed by atoms with van der Waals surface area (Å²) in [5.41, 5.74) is 0.00618. The third-order valence-electron chi connectivity index (χ3n) is 4.47. The van der Waals surface area contributed by atoms with E-state index in [1.54, 1.807) is 0 Å². The minimum Gasteiger partial charge on any atom is -0.394 e. The van der Waals surface area contributed by atoms with Gasteiger partial charge in [-0.1, -0.05) is 0 Å². The van der Waals surface area contributed by atoms with Gasteiger partial charge in [-0.05, 0) is 65.0 Å². The van der Waals surface area contributed by atoms with Crippen LogP contribution in [0.25, 0.3) is 0 Å². The van der Waals surface area contributed by atoms with Crippen molar-refractivity contribution in [2.24, 2.45) is 5.92 Å². The third-order valence-corrected chi connectivity index (χ3v) is 4.47. The zero-order valence-electron chi connectivity index (χ0n) is 11.4. The number of nitrogens with one attached hydrogen (secondary N) is 1. The van der Waals surface area contributed by atoms with E-state index in [1.165, 1.54) is 25.8 Å². The van der Waals surface area contributed by atoms with Crippen molar-refractivity contribution in [2.45, 2.75) is 57.5 Å². The monoisotopic (exact) mass is 240 g/mol. The molecular formula is C14H28N2O. The van der Waals surface area contributed by atoms with Gasteiger partial charge in [0.05, 0.1) is 6.61 Å². The van der Waals surface area contributed by atoms with Gasteiger partial charge in [-0.25, -0.2) is 0 Å². The normalized spacial score (nSPS) is 31.8. The van der Waals surface area contributed by atoms with E-state index in [0.717, 1.165) is 31.8 Å². The maximum absolute atomic E-state index is 9.74. The Morgan fingerprint density at radius 3 is 2.65 bits per heavy atom. The van der Waals surface area contributed by atoms with Gasteiger partial charge < -0.3 is 15.3 Å². The molecule has 1 heterocycles. The molecule has 2 fully saturated rings. The molecule has 0 radical (unpaired) electrons. The Morgan fingerprint density at radius 1 is 1.29 bits per heavy atom. The zero-order chi connectivity index (χ0) is 12.3. The molecule has 0 spiro atoms. The van der Waals surface area contributed by atoms with Crippen LogP contribution >= 0.6 is 0 Å². The Balaban J connectivity index is 1.87. The van der Waals surface area contributed by atoms with Gasteiger partial charge in [0.2, 0.25) is 0 Å². The molecule has 3 heteroatoms. The first-order valence-electron chi connectivity index (χ1n) is 7.25. The molecule has 1 saturated carbocycles. The highest BCUT2D eigenvalue weighted by Gasteiger charge is 2.34. The van der Waals surface area contributed by atoms with Crippen LogP contribution in [0.1, 0.15) is 46.0 Å². The molecule has 2 N–H and O–H groups in total. The summed E-state index contributed by atoms with van der Waals surface area (Å²) in [5.74, 6) is 0.892. The van der Waals surface area contributed by atoms with Crippen LogP contribution in [0.15, 0.2) is 0 Å². The van der Waals surface area contributed by atoms with Crippen molar-refractivity contribution in [3.8, 4) is 0 Å². The predicted octanol–water partition coefficient (Wildman–Crippen LogP) is 1.61. The quantitative estimate of drug-likeness (QED) is 0.766. The van der Waals surface area contributed by atoms with Gasteiger partial charge in [0.1, 0.15) is 0 Å². The Hall–Kier alpha value is -0.120. The molecular weight excluding hydrogens is 212 g/mol. The summed E-state index contributed by atoms with van der Waals surface area (Å²) in [5, 5.41) is 13.4. The SMILES string of the molecule is CC(C)N1CCCC(CO)(NCC2CC2)CC1. The van der Waals surface area contributed by atoms with E-state index in [1.807, 2.05) is 0 Å². The number of likely N-dealkylation sites (tertiary alicyclic amines) is 1. The highest BCUT2D eigenvalue weighted by atomic mass is 16.3. The van der Waals surface area contributed by atoms with E-state index in [9.17, 15) is 5.11 Å². The summed E-state index contributed by atoms with van der Waals surface area (Å²) in [6.07, 6.45) is 6.18. The standard InChI is InChI=1S/C14H28N2O/c1-12(2)16-8-3-6-14(11-17,7-9-16)15-10-13-4-5-13/h12-13,15,17H,3-11H2,1-2H3. The Labute approximate surface area is 106 Å². The van der Waals surface area contributed by atoms with Crippen LogP contribution < -0.4 is 5.32 Å². The van der Waals surface area contributed by atoms with Crippen molar-refractivity contribution >= 4 is 0 Å². The summed E-state index contributed by atoms with van der Waals surface area (Å²) in [4.78, 5) is 2.54. The smallest absolute Gasteiger partial charge is 0.0613 e. The lowest BCUT2D eigenvalue weighted by molar-refractivity contribution is 0.138. The van der Waals surface area contributed by atoms with Crippen LogP contribution in [0.5, 0.6) is 0 Å². The van der Waals surface area contributed by atoms with E-state index >= 15 is 0 Å². The first kappa shape index (κ1) is 13.3. The van der Waals surface area contributed by atoms with Crippen molar-refractivity contribution in [2.75, 3.05) is 26.2 Å². The van der Waals surface area contributed by atoms with Crippen LogP contribution in [0.3, 0.4) is 0 Å². The fraction of sp³-hybridized carbons (Fsp3) is 1.00. The molecule has 1 unspecified atom stereocenters. The largest absolute Gasteiger partial charge is 0.394 e. The molecule has 0 aromatic heterocycles. The maximum atomic E-state index is 9.74. The first-order chi connectivity index (χ1) is 8.15. The van der Waals surface area contributed by atoms with Crippen molar-refractivity contribution in [3.05, 3.63) is 0 Å². The molecule has 100 valence electrons. The van der Waals surface area contributed by atoms with E-state index in [4.69, 9.17) is 0 Å². The molecule has 1 saturated heterocycles. The predicted molar refractivity (Wildman–Crippen MR) is 71.1 cm³/mol. The number of rotatable bonds is 5. The van der Waals surface area contributed by atoms with Gasteiger partial charge >= 0.3 is 0 Å². The summed E-state index contributed by atoms with van der Waals surface area (Å²) in [7, 11) is 0. The van der Waals surface area contributed by atoms with Gasteiger partial charge in [0, 0.05) is 18.1 Å². The Morgan fingerprint density at radius 2 is 2.06 bits per heavy atom. The second kappa shape index (κ2) is 5.68. The average Bonchev–Trinajstić information content (AvgIpc) is 3.13. The topological polar surface area (TPSA) is 35.5 Å². The van der Waals surface area contributed by atoms with Crippen molar-refractivity contribution in [1.82, 2.24) is 10.2 Å². The zero-order valence-corrected chi connectivity index (χ0v) is 11.4. The molecule has 0 bridgehead atoms. The lowest BCUT2D eigenvalue weighted by atomic mass is 9.91. The number of nitrogens with zero attached hydrogens (tertiary/aromatic N) is 1. The third kappa shape index (κ3) is 3.67. The van der Waals surface area contributed by atoms with Gasteiger partial charge in [-0.15, -0.1) is 0 Å². The Kier molecular flexibility index (Phi) is 4.45. The molecule has 17 heavy (non-hydrogen) atoms. The van der Waals surface area contributed by atoms with E-state index in [0.29, 0.717) is 12.6 Å². The van der Waals surface area contributed by atoms with E-state index in [2.05, 4.69) is 24.1 Å². The average molecular weight is 240 g/mol. The summed E-state index contributed by atoms with van der Waals surface area (Å²) in [6, 6.07) is 0.632. The minimum atomic E-state index is 0.00618.